The van der Waals surface area contributed by atoms with E-state index in [2.05, 4.69) is 21.2 Å². The Hall–Kier alpha value is -1.03. The minimum atomic E-state index is -0.472. The summed E-state index contributed by atoms with van der Waals surface area (Å²) in [6, 6.07) is 5.65. The van der Waals surface area contributed by atoms with E-state index in [1.165, 1.54) is 0 Å². The van der Waals surface area contributed by atoms with E-state index in [0.29, 0.717) is 12.3 Å². The number of amides is 1. The van der Waals surface area contributed by atoms with Gasteiger partial charge >= 0.3 is 0 Å². The van der Waals surface area contributed by atoms with Crippen molar-refractivity contribution < 1.29 is 9.53 Å². The molecule has 0 aliphatic rings. The Bertz CT molecular complexity index is 379. The molecular formula is C12H16BrNO2. The fourth-order valence-corrected chi connectivity index (χ4v) is 1.51. The van der Waals surface area contributed by atoms with Gasteiger partial charge in [-0.3, -0.25) is 4.79 Å². The van der Waals surface area contributed by atoms with Gasteiger partial charge in [0.1, 0.15) is 5.75 Å². The van der Waals surface area contributed by atoms with Gasteiger partial charge in [-0.05, 0) is 44.5 Å². The summed E-state index contributed by atoms with van der Waals surface area (Å²) in [5, 5.41) is 2.72. The highest BCUT2D eigenvalue weighted by molar-refractivity contribution is 9.10. The van der Waals surface area contributed by atoms with Gasteiger partial charge < -0.3 is 10.1 Å². The van der Waals surface area contributed by atoms with E-state index < -0.39 is 6.10 Å². The molecule has 1 aromatic rings. The van der Waals surface area contributed by atoms with E-state index in [9.17, 15) is 4.79 Å². The van der Waals surface area contributed by atoms with Gasteiger partial charge in [-0.1, -0.05) is 15.9 Å². The Morgan fingerprint density at radius 3 is 2.81 bits per heavy atom. The fraction of sp³-hybridized carbons (Fsp3) is 0.417. The molecule has 0 heterocycles. The van der Waals surface area contributed by atoms with Crippen LogP contribution in [0.15, 0.2) is 22.7 Å². The molecule has 88 valence electrons. The summed E-state index contributed by atoms with van der Waals surface area (Å²) in [6.07, 6.45) is -0.472. The lowest BCUT2D eigenvalue weighted by molar-refractivity contribution is -0.127. The third-order valence-electron chi connectivity index (χ3n) is 2.16. The highest BCUT2D eigenvalue weighted by atomic mass is 79.9. The molecule has 0 saturated heterocycles. The molecule has 1 unspecified atom stereocenters. The quantitative estimate of drug-likeness (QED) is 0.924. The molecule has 0 bridgehead atoms. The number of carbonyl (C=O) groups excluding carboxylic acids is 1. The summed E-state index contributed by atoms with van der Waals surface area (Å²) in [7, 11) is 0. The zero-order valence-electron chi connectivity index (χ0n) is 9.71. The van der Waals surface area contributed by atoms with Gasteiger partial charge in [0, 0.05) is 11.0 Å². The van der Waals surface area contributed by atoms with E-state index in [-0.39, 0.29) is 5.91 Å². The number of halogens is 1. The molecule has 0 radical (unpaired) electrons. The molecule has 4 heteroatoms. The van der Waals surface area contributed by atoms with Gasteiger partial charge in [0.2, 0.25) is 0 Å². The van der Waals surface area contributed by atoms with Crippen molar-refractivity contribution in [3.8, 4) is 5.75 Å². The summed E-state index contributed by atoms with van der Waals surface area (Å²) < 4.78 is 6.56. The van der Waals surface area contributed by atoms with Crippen molar-refractivity contribution in [3.05, 3.63) is 28.2 Å². The normalized spacial score (nSPS) is 12.0. The zero-order valence-corrected chi connectivity index (χ0v) is 11.3. The van der Waals surface area contributed by atoms with Gasteiger partial charge in [0.05, 0.1) is 0 Å². The molecule has 0 fully saturated rings. The van der Waals surface area contributed by atoms with Crippen LogP contribution in [-0.4, -0.2) is 18.6 Å². The number of benzene rings is 1. The number of hydrogen-bond acceptors (Lipinski definition) is 2. The SMILES string of the molecule is CCNC(=O)C(C)Oc1ccc(Br)c(C)c1. The lowest BCUT2D eigenvalue weighted by Crippen LogP contribution is -2.36. The Morgan fingerprint density at radius 1 is 1.56 bits per heavy atom. The first kappa shape index (κ1) is 13.0. The van der Waals surface area contributed by atoms with Gasteiger partial charge in [0.15, 0.2) is 6.10 Å². The average Bonchev–Trinajstić information content (AvgIpc) is 2.24. The van der Waals surface area contributed by atoms with Crippen LogP contribution in [0.1, 0.15) is 19.4 Å². The molecule has 1 aromatic carbocycles. The Balaban J connectivity index is 2.66. The first-order valence-corrected chi connectivity index (χ1v) is 6.04. The molecule has 0 aromatic heterocycles. The first-order chi connectivity index (χ1) is 7.54. The smallest absolute Gasteiger partial charge is 0.260 e. The minimum absolute atomic E-state index is 0.0944. The van der Waals surface area contributed by atoms with E-state index in [0.717, 1.165) is 10.0 Å². The highest BCUT2D eigenvalue weighted by Crippen LogP contribution is 2.22. The highest BCUT2D eigenvalue weighted by Gasteiger charge is 2.13. The first-order valence-electron chi connectivity index (χ1n) is 5.25. The van der Waals surface area contributed by atoms with Crippen molar-refractivity contribution in [2.75, 3.05) is 6.54 Å². The summed E-state index contributed by atoms with van der Waals surface area (Å²) in [6.45, 7) is 6.22. The maximum Gasteiger partial charge on any atom is 0.260 e. The molecule has 0 spiro atoms. The maximum atomic E-state index is 11.5. The predicted molar refractivity (Wildman–Crippen MR) is 67.7 cm³/mol. The van der Waals surface area contributed by atoms with Gasteiger partial charge in [0.25, 0.3) is 5.91 Å². The predicted octanol–water partition coefficient (Wildman–Crippen LogP) is 2.66. The van der Waals surface area contributed by atoms with Crippen LogP contribution in [0.4, 0.5) is 0 Å². The maximum absolute atomic E-state index is 11.5. The molecule has 0 saturated carbocycles. The van der Waals surface area contributed by atoms with Crippen LogP contribution in [-0.2, 0) is 4.79 Å². The van der Waals surface area contributed by atoms with E-state index in [4.69, 9.17) is 4.74 Å². The van der Waals surface area contributed by atoms with Crippen molar-refractivity contribution in [2.24, 2.45) is 0 Å². The van der Waals surface area contributed by atoms with Gasteiger partial charge in [-0.15, -0.1) is 0 Å². The largest absolute Gasteiger partial charge is 0.481 e. The van der Waals surface area contributed by atoms with E-state index in [1.807, 2.05) is 32.0 Å². The second-order valence-electron chi connectivity index (χ2n) is 3.57. The molecule has 1 amide bonds. The van der Waals surface area contributed by atoms with E-state index in [1.54, 1.807) is 6.92 Å². The summed E-state index contributed by atoms with van der Waals surface area (Å²) in [5.74, 6) is 0.613. The van der Waals surface area contributed by atoms with Crippen LogP contribution in [0.25, 0.3) is 0 Å². The van der Waals surface area contributed by atoms with Crippen molar-refractivity contribution >= 4 is 21.8 Å². The lowest BCUT2D eigenvalue weighted by atomic mass is 10.2. The number of aryl methyl sites for hydroxylation is 1. The molecule has 3 nitrogen and oxygen atoms in total. The Labute approximate surface area is 104 Å². The summed E-state index contributed by atoms with van der Waals surface area (Å²) in [4.78, 5) is 11.5. The fourth-order valence-electron chi connectivity index (χ4n) is 1.27. The van der Waals surface area contributed by atoms with Gasteiger partial charge in [-0.25, -0.2) is 0 Å². The van der Waals surface area contributed by atoms with Crippen molar-refractivity contribution in [1.82, 2.24) is 5.32 Å². The molecular weight excluding hydrogens is 270 g/mol. The number of rotatable bonds is 4. The van der Waals surface area contributed by atoms with Crippen molar-refractivity contribution in [1.29, 1.82) is 0 Å². The molecule has 1 atom stereocenters. The Kier molecular flexibility index (Phi) is 4.80. The van der Waals surface area contributed by atoms with Crippen LogP contribution < -0.4 is 10.1 Å². The lowest BCUT2D eigenvalue weighted by Gasteiger charge is -2.14. The van der Waals surface area contributed by atoms with E-state index >= 15 is 0 Å². The Morgan fingerprint density at radius 2 is 2.25 bits per heavy atom. The monoisotopic (exact) mass is 285 g/mol. The molecule has 1 N–H and O–H groups in total. The second kappa shape index (κ2) is 5.89. The van der Waals surface area contributed by atoms with Crippen LogP contribution >= 0.6 is 15.9 Å². The third kappa shape index (κ3) is 3.52. The number of hydrogen-bond donors (Lipinski definition) is 1. The minimum Gasteiger partial charge on any atom is -0.481 e. The molecule has 0 aliphatic heterocycles. The topological polar surface area (TPSA) is 38.3 Å². The third-order valence-corrected chi connectivity index (χ3v) is 3.05. The number of likely N-dealkylation sites (N-methyl/N-ethyl adjacent to an activating group) is 1. The average molecular weight is 286 g/mol. The van der Waals surface area contributed by atoms with Crippen molar-refractivity contribution in [3.63, 3.8) is 0 Å². The van der Waals surface area contributed by atoms with Crippen LogP contribution in [0.2, 0.25) is 0 Å². The molecule has 1 rings (SSSR count). The van der Waals surface area contributed by atoms with Crippen LogP contribution in [0, 0.1) is 6.92 Å². The number of ether oxygens (including phenoxy) is 1. The molecule has 16 heavy (non-hydrogen) atoms. The summed E-state index contributed by atoms with van der Waals surface area (Å²) in [5.41, 5.74) is 1.08. The summed E-state index contributed by atoms with van der Waals surface area (Å²) >= 11 is 3.41. The number of nitrogens with one attached hydrogen (secondary N) is 1. The second-order valence-corrected chi connectivity index (χ2v) is 4.42. The van der Waals surface area contributed by atoms with Crippen molar-refractivity contribution in [2.45, 2.75) is 26.9 Å². The van der Waals surface area contributed by atoms with Gasteiger partial charge in [-0.2, -0.15) is 0 Å². The standard InChI is InChI=1S/C12H16BrNO2/c1-4-14-12(15)9(3)16-10-5-6-11(13)8(2)7-10/h5-7,9H,4H2,1-3H3,(H,14,15). The molecule has 0 aliphatic carbocycles. The number of carbonyl (C=O) groups is 1. The van der Waals surface area contributed by atoms with Crippen LogP contribution in [0.3, 0.4) is 0 Å². The zero-order chi connectivity index (χ0) is 12.1. The van der Waals surface area contributed by atoms with Crippen LogP contribution in [0.5, 0.6) is 5.75 Å².